The third-order valence-corrected chi connectivity index (χ3v) is 10.6. The number of nitrogens with one attached hydrogen (secondary N) is 2. The van der Waals surface area contributed by atoms with Gasteiger partial charge in [0.1, 0.15) is 10.3 Å². The molecule has 4 aromatic rings. The maximum absolute atomic E-state index is 14.1. The summed E-state index contributed by atoms with van der Waals surface area (Å²) in [6, 6.07) is 24.6. The van der Waals surface area contributed by atoms with E-state index in [2.05, 4.69) is 31.4 Å². The van der Waals surface area contributed by atoms with E-state index in [-0.39, 0.29) is 29.8 Å². The molecule has 1 aromatic heterocycles. The normalized spacial score (nSPS) is 15.1. The van der Waals surface area contributed by atoms with E-state index in [1.54, 1.807) is 13.0 Å². The van der Waals surface area contributed by atoms with Gasteiger partial charge < -0.3 is 15.4 Å². The average Bonchev–Trinajstić information content (AvgIpc) is 3.37. The van der Waals surface area contributed by atoms with Crippen LogP contribution in [0, 0.1) is 18.3 Å². The molecule has 234 valence electrons. The van der Waals surface area contributed by atoms with Crippen molar-refractivity contribution in [1.29, 1.82) is 0 Å². The van der Waals surface area contributed by atoms with Gasteiger partial charge in [-0.2, -0.15) is 0 Å². The lowest BCUT2D eigenvalue weighted by Gasteiger charge is -2.33. The molecule has 8 heteroatoms. The minimum Gasteiger partial charge on any atom is -0.462 e. The summed E-state index contributed by atoms with van der Waals surface area (Å²) in [5, 5.41) is 6.07. The van der Waals surface area contributed by atoms with Crippen LogP contribution in [0.5, 0.6) is 0 Å². The lowest BCUT2D eigenvalue weighted by Crippen LogP contribution is -2.26. The summed E-state index contributed by atoms with van der Waals surface area (Å²) >= 11 is 2.90. The SMILES string of the molecule is CCOC(=O)c1c(NC(=O)C(Sc2cccc(NC(=O)c3cccc(C)c3)c2)c2ccccc2)sc2c1CCC(C(C)(C)C)C2. The Bertz CT molecular complexity index is 1690. The number of aryl methyl sites for hydroxylation is 1. The van der Waals surface area contributed by atoms with Gasteiger partial charge in [0, 0.05) is 21.0 Å². The zero-order valence-electron chi connectivity index (χ0n) is 26.4. The number of amides is 2. The second-order valence-corrected chi connectivity index (χ2v) is 14.8. The summed E-state index contributed by atoms with van der Waals surface area (Å²) in [5.41, 5.74) is 4.72. The minimum absolute atomic E-state index is 0.151. The van der Waals surface area contributed by atoms with Crippen LogP contribution in [0.3, 0.4) is 0 Å². The van der Waals surface area contributed by atoms with Gasteiger partial charge in [0.05, 0.1) is 12.2 Å². The number of esters is 1. The Kier molecular flexibility index (Phi) is 10.1. The number of hydrogen-bond donors (Lipinski definition) is 2. The van der Waals surface area contributed by atoms with Gasteiger partial charge in [0.15, 0.2) is 0 Å². The lowest BCUT2D eigenvalue weighted by molar-refractivity contribution is -0.115. The molecule has 2 amide bonds. The number of benzene rings is 3. The van der Waals surface area contributed by atoms with Crippen LogP contribution < -0.4 is 10.6 Å². The van der Waals surface area contributed by atoms with Crippen molar-refractivity contribution in [1.82, 2.24) is 0 Å². The molecule has 1 aliphatic rings. The second-order valence-electron chi connectivity index (χ2n) is 12.5. The molecular weight excluding hydrogens is 601 g/mol. The third-order valence-electron chi connectivity index (χ3n) is 8.17. The fourth-order valence-corrected chi connectivity index (χ4v) is 8.09. The Labute approximate surface area is 274 Å². The highest BCUT2D eigenvalue weighted by Gasteiger charge is 2.35. The molecule has 0 saturated heterocycles. The maximum Gasteiger partial charge on any atom is 0.341 e. The molecule has 0 bridgehead atoms. The van der Waals surface area contributed by atoms with Crippen LogP contribution in [-0.4, -0.2) is 24.4 Å². The molecule has 6 nitrogen and oxygen atoms in total. The Balaban J connectivity index is 1.42. The zero-order chi connectivity index (χ0) is 32.1. The van der Waals surface area contributed by atoms with Crippen molar-refractivity contribution in [3.63, 3.8) is 0 Å². The molecular formula is C37H40N2O4S2. The first-order valence-corrected chi connectivity index (χ1v) is 17.0. The fourth-order valence-electron chi connectivity index (χ4n) is 5.68. The molecule has 0 saturated carbocycles. The summed E-state index contributed by atoms with van der Waals surface area (Å²) in [7, 11) is 0. The number of thioether (sulfide) groups is 1. The molecule has 1 heterocycles. The van der Waals surface area contributed by atoms with Gasteiger partial charge in [-0.25, -0.2) is 4.79 Å². The Morgan fingerprint density at radius 3 is 2.44 bits per heavy atom. The van der Waals surface area contributed by atoms with E-state index in [4.69, 9.17) is 4.74 Å². The number of rotatable bonds is 9. The van der Waals surface area contributed by atoms with E-state index >= 15 is 0 Å². The highest BCUT2D eigenvalue weighted by Crippen LogP contribution is 2.45. The largest absolute Gasteiger partial charge is 0.462 e. The average molecular weight is 641 g/mol. The molecule has 5 rings (SSSR count). The third kappa shape index (κ3) is 7.86. The second kappa shape index (κ2) is 14.0. The molecule has 0 fully saturated rings. The number of carbonyl (C=O) groups is 3. The van der Waals surface area contributed by atoms with E-state index in [1.807, 2.05) is 79.7 Å². The van der Waals surface area contributed by atoms with E-state index < -0.39 is 5.25 Å². The van der Waals surface area contributed by atoms with Gasteiger partial charge in [-0.05, 0) is 85.9 Å². The van der Waals surface area contributed by atoms with E-state index in [1.165, 1.54) is 23.1 Å². The van der Waals surface area contributed by atoms with Crippen LogP contribution in [0.2, 0.25) is 0 Å². The maximum atomic E-state index is 14.1. The summed E-state index contributed by atoms with van der Waals surface area (Å²) < 4.78 is 5.47. The monoisotopic (exact) mass is 640 g/mol. The molecule has 2 unspecified atom stereocenters. The first-order valence-electron chi connectivity index (χ1n) is 15.4. The van der Waals surface area contributed by atoms with Gasteiger partial charge in [-0.15, -0.1) is 23.1 Å². The molecule has 0 spiro atoms. The fraction of sp³-hybridized carbons (Fsp3) is 0.324. The van der Waals surface area contributed by atoms with E-state index in [0.29, 0.717) is 27.7 Å². The number of ether oxygens (including phenoxy) is 1. The zero-order valence-corrected chi connectivity index (χ0v) is 28.1. The van der Waals surface area contributed by atoms with Crippen molar-refractivity contribution in [2.75, 3.05) is 17.2 Å². The Morgan fingerprint density at radius 1 is 0.978 bits per heavy atom. The standard InChI is InChI=1S/C37H40N2O4S2/c1-6-43-36(42)31-29-19-18-26(37(3,4)5)21-30(29)45-35(31)39-34(41)32(24-13-8-7-9-14-24)44-28-17-11-16-27(22-28)38-33(40)25-15-10-12-23(2)20-25/h7-17,20,22,26,32H,6,18-19,21H2,1-5H3,(H,38,40)(H,39,41). The first kappa shape index (κ1) is 32.5. The Hall–Kier alpha value is -3.88. The quantitative estimate of drug-likeness (QED) is 0.141. The van der Waals surface area contributed by atoms with Crippen molar-refractivity contribution in [3.05, 3.63) is 112 Å². The molecule has 1 aliphatic carbocycles. The minimum atomic E-state index is -0.606. The molecule has 45 heavy (non-hydrogen) atoms. The highest BCUT2D eigenvalue weighted by molar-refractivity contribution is 8.00. The first-order chi connectivity index (χ1) is 21.5. The van der Waals surface area contributed by atoms with E-state index in [9.17, 15) is 14.4 Å². The van der Waals surface area contributed by atoms with Gasteiger partial charge in [-0.1, -0.05) is 74.9 Å². The van der Waals surface area contributed by atoms with Gasteiger partial charge in [0.2, 0.25) is 5.91 Å². The van der Waals surface area contributed by atoms with Crippen molar-refractivity contribution in [3.8, 4) is 0 Å². The van der Waals surface area contributed by atoms with Crippen molar-refractivity contribution >= 4 is 51.6 Å². The van der Waals surface area contributed by atoms with Gasteiger partial charge >= 0.3 is 5.97 Å². The number of hydrogen-bond acceptors (Lipinski definition) is 6. The van der Waals surface area contributed by atoms with Gasteiger partial charge in [0.25, 0.3) is 5.91 Å². The predicted octanol–water partition coefficient (Wildman–Crippen LogP) is 9.11. The van der Waals surface area contributed by atoms with Crippen LogP contribution in [0.4, 0.5) is 10.7 Å². The highest BCUT2D eigenvalue weighted by atomic mass is 32.2. The molecule has 0 radical (unpaired) electrons. The van der Waals surface area contributed by atoms with Gasteiger partial charge in [-0.3, -0.25) is 9.59 Å². The number of thiophene rings is 1. The number of fused-ring (bicyclic) bond motifs is 1. The van der Waals surface area contributed by atoms with Crippen LogP contribution in [0.1, 0.15) is 81.6 Å². The molecule has 2 atom stereocenters. The molecule has 0 aliphatic heterocycles. The lowest BCUT2D eigenvalue weighted by atomic mass is 9.72. The van der Waals surface area contributed by atoms with Crippen LogP contribution in [0.25, 0.3) is 0 Å². The number of anilines is 2. The number of carbonyl (C=O) groups excluding carboxylic acids is 3. The molecule has 3 aromatic carbocycles. The summed E-state index contributed by atoms with van der Waals surface area (Å²) in [5.74, 6) is -0.314. The summed E-state index contributed by atoms with van der Waals surface area (Å²) in [6.45, 7) is 10.8. The van der Waals surface area contributed by atoms with Crippen molar-refractivity contribution < 1.29 is 19.1 Å². The summed E-state index contributed by atoms with van der Waals surface area (Å²) in [4.78, 5) is 42.2. The Morgan fingerprint density at radius 2 is 1.73 bits per heavy atom. The van der Waals surface area contributed by atoms with Crippen LogP contribution in [-0.2, 0) is 22.4 Å². The van der Waals surface area contributed by atoms with Crippen LogP contribution >= 0.6 is 23.1 Å². The van der Waals surface area contributed by atoms with E-state index in [0.717, 1.165) is 45.7 Å². The van der Waals surface area contributed by atoms with Crippen molar-refractivity contribution in [2.24, 2.45) is 11.3 Å². The van der Waals surface area contributed by atoms with Crippen molar-refractivity contribution in [2.45, 2.75) is 64.0 Å². The van der Waals surface area contributed by atoms with Crippen LogP contribution in [0.15, 0.2) is 83.8 Å². The molecule has 2 N–H and O–H groups in total. The predicted molar refractivity (Wildman–Crippen MR) is 184 cm³/mol. The topological polar surface area (TPSA) is 84.5 Å². The smallest absolute Gasteiger partial charge is 0.341 e. The summed E-state index contributed by atoms with van der Waals surface area (Å²) in [6.07, 6.45) is 2.66.